The minimum Gasteiger partial charge on any atom is -0.480 e. The molecule has 0 saturated carbocycles. The molecule has 1 aliphatic rings. The fourth-order valence-electron chi connectivity index (χ4n) is 2.75. The van der Waals surface area contributed by atoms with Crippen molar-refractivity contribution in [3.63, 3.8) is 0 Å². The summed E-state index contributed by atoms with van der Waals surface area (Å²) in [5.41, 5.74) is 0.640. The number of pyridine rings is 1. The van der Waals surface area contributed by atoms with Crippen LogP contribution in [0.3, 0.4) is 0 Å². The monoisotopic (exact) mass is 401 g/mol. The van der Waals surface area contributed by atoms with Gasteiger partial charge >= 0.3 is 5.97 Å². The van der Waals surface area contributed by atoms with Gasteiger partial charge in [0.15, 0.2) is 11.7 Å². The van der Waals surface area contributed by atoms with E-state index in [0.29, 0.717) is 31.2 Å². The predicted molar refractivity (Wildman–Crippen MR) is 85.1 cm³/mol. The van der Waals surface area contributed by atoms with Crippen molar-refractivity contribution >= 4 is 39.6 Å². The molecule has 3 heterocycles. The molecule has 1 N–H and O–H groups in total. The van der Waals surface area contributed by atoms with Crippen LogP contribution in [0.1, 0.15) is 25.3 Å². The summed E-state index contributed by atoms with van der Waals surface area (Å²) in [6, 6.07) is 1.22. The van der Waals surface area contributed by atoms with Gasteiger partial charge in [-0.15, -0.1) is 0 Å². The van der Waals surface area contributed by atoms with E-state index in [9.17, 15) is 9.90 Å². The van der Waals surface area contributed by atoms with Crippen LogP contribution in [0.2, 0.25) is 0 Å². The summed E-state index contributed by atoms with van der Waals surface area (Å²) in [5.74, 6) is -0.492. The molecule has 0 amide bonds. The second-order valence-corrected chi connectivity index (χ2v) is 6.43. The van der Waals surface area contributed by atoms with Crippen LogP contribution >= 0.6 is 22.6 Å². The van der Waals surface area contributed by atoms with Crippen LogP contribution in [0.4, 0.5) is 0 Å². The molecule has 1 atom stereocenters. The number of fused-ring (bicyclic) bond motifs is 1. The molecule has 0 radical (unpaired) electrons. The van der Waals surface area contributed by atoms with Crippen LogP contribution in [0, 0.1) is 9.49 Å². The third kappa shape index (κ3) is 3.03. The van der Waals surface area contributed by atoms with E-state index in [1.54, 1.807) is 17.1 Å². The average Bonchev–Trinajstić information content (AvgIpc) is 2.91. The van der Waals surface area contributed by atoms with Crippen molar-refractivity contribution in [2.24, 2.45) is 5.92 Å². The Bertz CT molecular complexity index is 652. The Kier molecular flexibility index (Phi) is 4.39. The van der Waals surface area contributed by atoms with Gasteiger partial charge in [-0.25, -0.2) is 14.5 Å². The van der Waals surface area contributed by atoms with Crippen molar-refractivity contribution in [2.75, 3.05) is 13.2 Å². The summed E-state index contributed by atoms with van der Waals surface area (Å²) in [6.07, 6.45) is 5.78. The Morgan fingerprint density at radius 1 is 1.52 bits per heavy atom. The maximum Gasteiger partial charge on any atom is 0.328 e. The Morgan fingerprint density at radius 2 is 2.29 bits per heavy atom. The number of carboxylic acids is 1. The number of carbonyl (C=O) groups is 1. The van der Waals surface area contributed by atoms with E-state index in [-0.39, 0.29) is 0 Å². The van der Waals surface area contributed by atoms with Gasteiger partial charge in [-0.05, 0) is 53.8 Å². The van der Waals surface area contributed by atoms with Gasteiger partial charge in [0.1, 0.15) is 0 Å². The zero-order valence-electron chi connectivity index (χ0n) is 11.4. The van der Waals surface area contributed by atoms with Crippen molar-refractivity contribution in [1.82, 2.24) is 14.8 Å². The Morgan fingerprint density at radius 3 is 3.00 bits per heavy atom. The fourth-order valence-corrected chi connectivity index (χ4v) is 3.29. The van der Waals surface area contributed by atoms with E-state index >= 15 is 0 Å². The van der Waals surface area contributed by atoms with E-state index < -0.39 is 12.0 Å². The van der Waals surface area contributed by atoms with Crippen molar-refractivity contribution in [1.29, 1.82) is 0 Å². The van der Waals surface area contributed by atoms with E-state index in [1.165, 1.54) is 0 Å². The van der Waals surface area contributed by atoms with Gasteiger partial charge in [0, 0.05) is 23.0 Å². The average molecular weight is 401 g/mol. The summed E-state index contributed by atoms with van der Waals surface area (Å²) >= 11 is 2.21. The first-order chi connectivity index (χ1) is 10.2. The number of halogens is 1. The number of rotatable bonds is 4. The van der Waals surface area contributed by atoms with Gasteiger partial charge in [-0.3, -0.25) is 0 Å². The number of hydrogen-bond donors (Lipinski definition) is 1. The molecule has 7 heteroatoms. The lowest BCUT2D eigenvalue weighted by Gasteiger charge is -2.25. The first-order valence-corrected chi connectivity index (χ1v) is 8.03. The number of aromatic nitrogens is 3. The molecule has 1 saturated heterocycles. The Labute approximate surface area is 135 Å². The number of nitrogens with zero attached hydrogens (tertiary/aromatic N) is 3. The molecule has 0 aliphatic carbocycles. The van der Waals surface area contributed by atoms with Gasteiger partial charge in [-0.2, -0.15) is 5.10 Å². The first-order valence-electron chi connectivity index (χ1n) is 6.95. The van der Waals surface area contributed by atoms with Gasteiger partial charge in [0.25, 0.3) is 0 Å². The minimum absolute atomic E-state index is 0.363. The molecular weight excluding hydrogens is 385 g/mol. The lowest BCUT2D eigenvalue weighted by atomic mass is 9.92. The van der Waals surface area contributed by atoms with Crippen LogP contribution in [-0.2, 0) is 9.53 Å². The molecule has 3 rings (SSSR count). The quantitative estimate of drug-likeness (QED) is 0.797. The summed E-state index contributed by atoms with van der Waals surface area (Å²) < 4.78 is 7.91. The minimum atomic E-state index is -0.854. The van der Waals surface area contributed by atoms with Crippen molar-refractivity contribution in [3.05, 3.63) is 22.0 Å². The number of carboxylic acid groups (broad SMARTS) is 1. The van der Waals surface area contributed by atoms with Crippen LogP contribution in [0.15, 0.2) is 18.5 Å². The fraction of sp³-hybridized carbons (Fsp3) is 0.500. The van der Waals surface area contributed by atoms with Crippen LogP contribution in [-0.4, -0.2) is 39.1 Å². The second kappa shape index (κ2) is 6.27. The lowest BCUT2D eigenvalue weighted by molar-refractivity contribution is -0.142. The summed E-state index contributed by atoms with van der Waals surface area (Å²) in [5, 5.41) is 14.8. The zero-order chi connectivity index (χ0) is 14.8. The summed E-state index contributed by atoms with van der Waals surface area (Å²) in [7, 11) is 0. The Balaban J connectivity index is 1.92. The van der Waals surface area contributed by atoms with Crippen LogP contribution in [0.25, 0.3) is 11.0 Å². The number of hydrogen-bond acceptors (Lipinski definition) is 4. The van der Waals surface area contributed by atoms with E-state index in [4.69, 9.17) is 4.74 Å². The van der Waals surface area contributed by atoms with Gasteiger partial charge < -0.3 is 9.84 Å². The molecule has 0 spiro atoms. The molecule has 112 valence electrons. The smallest absolute Gasteiger partial charge is 0.328 e. The normalized spacial score (nSPS) is 18.0. The summed E-state index contributed by atoms with van der Waals surface area (Å²) in [4.78, 5) is 16.0. The SMILES string of the molecule is O=C(O)C(CC1CCOCC1)n1ncc2c(I)ccnc21. The van der Waals surface area contributed by atoms with E-state index in [1.807, 2.05) is 6.07 Å². The molecule has 21 heavy (non-hydrogen) atoms. The maximum atomic E-state index is 11.7. The molecule has 0 bridgehead atoms. The van der Waals surface area contributed by atoms with E-state index in [2.05, 4.69) is 32.7 Å². The van der Waals surface area contributed by atoms with Crippen LogP contribution < -0.4 is 0 Å². The highest BCUT2D eigenvalue weighted by Gasteiger charge is 2.28. The lowest BCUT2D eigenvalue weighted by Crippen LogP contribution is -2.26. The molecule has 1 fully saturated rings. The third-order valence-electron chi connectivity index (χ3n) is 3.92. The van der Waals surface area contributed by atoms with Gasteiger partial charge in [0.2, 0.25) is 0 Å². The second-order valence-electron chi connectivity index (χ2n) is 5.26. The largest absolute Gasteiger partial charge is 0.480 e. The number of ether oxygens (including phenoxy) is 1. The van der Waals surface area contributed by atoms with Crippen molar-refractivity contribution in [2.45, 2.75) is 25.3 Å². The van der Waals surface area contributed by atoms with Crippen molar-refractivity contribution in [3.8, 4) is 0 Å². The first kappa shape index (κ1) is 14.7. The van der Waals surface area contributed by atoms with Gasteiger partial charge in [0.05, 0.1) is 11.6 Å². The van der Waals surface area contributed by atoms with E-state index in [0.717, 1.165) is 21.8 Å². The molecule has 1 unspecified atom stereocenters. The highest BCUT2D eigenvalue weighted by atomic mass is 127. The molecule has 2 aromatic heterocycles. The Hall–Kier alpha value is -1.22. The maximum absolute atomic E-state index is 11.7. The molecule has 1 aliphatic heterocycles. The van der Waals surface area contributed by atoms with Gasteiger partial charge in [-0.1, -0.05) is 0 Å². The standard InChI is InChI=1S/C14H16IN3O3/c15-11-1-4-16-13-10(11)8-17-18(13)12(14(19)20)7-9-2-5-21-6-3-9/h1,4,8-9,12H,2-3,5-7H2,(H,19,20). The van der Waals surface area contributed by atoms with Crippen LogP contribution in [0.5, 0.6) is 0 Å². The predicted octanol–water partition coefficient (Wildman–Crippen LogP) is 2.48. The highest BCUT2D eigenvalue weighted by molar-refractivity contribution is 14.1. The summed E-state index contributed by atoms with van der Waals surface area (Å²) in [6.45, 7) is 1.43. The molecular formula is C14H16IN3O3. The molecule has 2 aromatic rings. The third-order valence-corrected chi connectivity index (χ3v) is 4.86. The molecule has 0 aromatic carbocycles. The number of aliphatic carboxylic acids is 1. The molecule has 6 nitrogen and oxygen atoms in total. The zero-order valence-corrected chi connectivity index (χ0v) is 13.6. The topological polar surface area (TPSA) is 77.2 Å². The highest BCUT2D eigenvalue weighted by Crippen LogP contribution is 2.28. The van der Waals surface area contributed by atoms with Crippen molar-refractivity contribution < 1.29 is 14.6 Å².